The molecule has 0 radical (unpaired) electrons. The molecule has 0 aromatic heterocycles. The minimum atomic E-state index is 0.151. The Morgan fingerprint density at radius 2 is 1.58 bits per heavy atom. The summed E-state index contributed by atoms with van der Waals surface area (Å²) in [5.41, 5.74) is 1.76. The molecule has 0 aliphatic rings. The van der Waals surface area contributed by atoms with Crippen LogP contribution in [0.2, 0.25) is 0 Å². The maximum Gasteiger partial charge on any atom is 0.119 e. The molecular weight excluding hydrogens is 234 g/mol. The Morgan fingerprint density at radius 1 is 1.00 bits per heavy atom. The maximum atomic E-state index is 5.74. The second kappa shape index (κ2) is 6.42. The van der Waals surface area contributed by atoms with Gasteiger partial charge in [0, 0.05) is 12.1 Å². The van der Waals surface area contributed by atoms with Crippen molar-refractivity contribution in [3.8, 4) is 5.75 Å². The largest absolute Gasteiger partial charge is 0.492 e. The van der Waals surface area contributed by atoms with Crippen LogP contribution < -0.4 is 10.1 Å². The van der Waals surface area contributed by atoms with Gasteiger partial charge in [0.25, 0.3) is 0 Å². The summed E-state index contributed by atoms with van der Waals surface area (Å²) in [4.78, 5) is 0. The first kappa shape index (κ1) is 16.0. The van der Waals surface area contributed by atoms with E-state index in [1.807, 2.05) is 0 Å². The van der Waals surface area contributed by atoms with Gasteiger partial charge in [0.15, 0.2) is 0 Å². The number of hydrogen-bond donors (Lipinski definition) is 1. The number of hydrogen-bond acceptors (Lipinski definition) is 2. The summed E-state index contributed by atoms with van der Waals surface area (Å²) < 4.78 is 5.74. The summed E-state index contributed by atoms with van der Waals surface area (Å²) >= 11 is 0. The molecule has 0 bridgehead atoms. The van der Waals surface area contributed by atoms with Crippen molar-refractivity contribution in [2.75, 3.05) is 13.2 Å². The van der Waals surface area contributed by atoms with Crippen molar-refractivity contribution in [2.45, 2.75) is 58.9 Å². The molecule has 1 rings (SSSR count). The molecule has 0 saturated heterocycles. The minimum Gasteiger partial charge on any atom is -0.492 e. The second-order valence-corrected chi connectivity index (χ2v) is 6.79. The van der Waals surface area contributed by atoms with Crippen LogP contribution in [0.25, 0.3) is 0 Å². The van der Waals surface area contributed by atoms with Crippen molar-refractivity contribution in [2.24, 2.45) is 0 Å². The zero-order valence-electron chi connectivity index (χ0n) is 13.3. The summed E-state index contributed by atoms with van der Waals surface area (Å²) in [5.74, 6) is 0.950. The van der Waals surface area contributed by atoms with Crippen LogP contribution >= 0.6 is 0 Å². The Balaban J connectivity index is 2.45. The number of ether oxygens (including phenoxy) is 1. The van der Waals surface area contributed by atoms with E-state index >= 15 is 0 Å². The van der Waals surface area contributed by atoms with Crippen LogP contribution in [0, 0.1) is 0 Å². The fraction of sp³-hybridized carbons (Fsp3) is 0.647. The van der Waals surface area contributed by atoms with Crippen molar-refractivity contribution < 1.29 is 4.74 Å². The number of benzene rings is 1. The lowest BCUT2D eigenvalue weighted by atomic mass is 9.82. The molecule has 0 aliphatic heterocycles. The Morgan fingerprint density at radius 3 is 2.05 bits per heavy atom. The van der Waals surface area contributed by atoms with Crippen LogP contribution in [0.4, 0.5) is 0 Å². The third-order valence-electron chi connectivity index (χ3n) is 3.55. The Labute approximate surface area is 118 Å². The van der Waals surface area contributed by atoms with Gasteiger partial charge >= 0.3 is 0 Å². The summed E-state index contributed by atoms with van der Waals surface area (Å²) in [5, 5.41) is 3.41. The molecule has 0 spiro atoms. The summed E-state index contributed by atoms with van der Waals surface area (Å²) in [7, 11) is 0. The Bertz CT molecular complexity index is 373. The van der Waals surface area contributed by atoms with E-state index in [-0.39, 0.29) is 11.0 Å². The van der Waals surface area contributed by atoms with Gasteiger partial charge in [-0.2, -0.15) is 0 Å². The predicted molar refractivity (Wildman–Crippen MR) is 83.0 cm³/mol. The quantitative estimate of drug-likeness (QED) is 0.779. The first-order valence-corrected chi connectivity index (χ1v) is 7.23. The van der Waals surface area contributed by atoms with E-state index in [9.17, 15) is 0 Å². The Hall–Kier alpha value is -1.02. The molecule has 0 amide bonds. The zero-order chi connectivity index (χ0) is 14.5. The molecule has 2 nitrogen and oxygen atoms in total. The molecule has 0 atom stereocenters. The molecule has 0 heterocycles. The SMILES string of the molecule is CCC(C)(C)c1ccc(OCCNC(C)(C)C)cc1. The van der Waals surface area contributed by atoms with E-state index in [0.717, 1.165) is 18.7 Å². The predicted octanol–water partition coefficient (Wildman–Crippen LogP) is 4.14. The number of nitrogens with one attached hydrogen (secondary N) is 1. The highest BCUT2D eigenvalue weighted by atomic mass is 16.5. The van der Waals surface area contributed by atoms with Gasteiger partial charge in [-0.25, -0.2) is 0 Å². The zero-order valence-corrected chi connectivity index (χ0v) is 13.3. The van der Waals surface area contributed by atoms with E-state index < -0.39 is 0 Å². The van der Waals surface area contributed by atoms with Crippen LogP contribution in [-0.4, -0.2) is 18.7 Å². The van der Waals surface area contributed by atoms with Crippen LogP contribution in [-0.2, 0) is 5.41 Å². The van der Waals surface area contributed by atoms with Crippen LogP contribution in [0.5, 0.6) is 5.75 Å². The highest BCUT2D eigenvalue weighted by Crippen LogP contribution is 2.27. The second-order valence-electron chi connectivity index (χ2n) is 6.79. The molecular formula is C17H29NO. The monoisotopic (exact) mass is 263 g/mol. The van der Waals surface area contributed by atoms with Gasteiger partial charge in [0.05, 0.1) is 0 Å². The molecule has 0 saturated carbocycles. The maximum absolute atomic E-state index is 5.74. The lowest BCUT2D eigenvalue weighted by Gasteiger charge is -2.23. The highest BCUT2D eigenvalue weighted by molar-refractivity contribution is 5.31. The van der Waals surface area contributed by atoms with E-state index in [1.165, 1.54) is 5.56 Å². The molecule has 1 aromatic carbocycles. The standard InChI is InChI=1S/C17H29NO/c1-7-17(5,6)14-8-10-15(11-9-14)19-13-12-18-16(2,3)4/h8-11,18H,7,12-13H2,1-6H3. The van der Waals surface area contributed by atoms with Crippen molar-refractivity contribution in [1.82, 2.24) is 5.32 Å². The van der Waals surface area contributed by atoms with E-state index in [1.54, 1.807) is 0 Å². The normalized spacial score (nSPS) is 12.5. The molecule has 19 heavy (non-hydrogen) atoms. The molecule has 0 aliphatic carbocycles. The van der Waals surface area contributed by atoms with Crippen molar-refractivity contribution in [3.63, 3.8) is 0 Å². The van der Waals surface area contributed by atoms with Crippen molar-refractivity contribution >= 4 is 0 Å². The van der Waals surface area contributed by atoms with E-state index in [0.29, 0.717) is 6.61 Å². The molecule has 1 aromatic rings. The van der Waals surface area contributed by atoms with Crippen LogP contribution in [0.15, 0.2) is 24.3 Å². The van der Waals surface area contributed by atoms with Gasteiger partial charge in [-0.15, -0.1) is 0 Å². The fourth-order valence-electron chi connectivity index (χ4n) is 1.80. The fourth-order valence-corrected chi connectivity index (χ4v) is 1.80. The number of rotatable bonds is 6. The first-order valence-electron chi connectivity index (χ1n) is 7.23. The summed E-state index contributed by atoms with van der Waals surface area (Å²) in [6.07, 6.45) is 1.14. The van der Waals surface area contributed by atoms with E-state index in [4.69, 9.17) is 4.74 Å². The molecule has 108 valence electrons. The first-order chi connectivity index (χ1) is 8.74. The lowest BCUT2D eigenvalue weighted by Crippen LogP contribution is -2.38. The van der Waals surface area contributed by atoms with Gasteiger partial charge in [-0.3, -0.25) is 0 Å². The third kappa shape index (κ3) is 5.65. The molecule has 0 fully saturated rings. The van der Waals surface area contributed by atoms with Crippen LogP contribution in [0.1, 0.15) is 53.5 Å². The highest BCUT2D eigenvalue weighted by Gasteiger charge is 2.17. The smallest absolute Gasteiger partial charge is 0.119 e. The van der Waals surface area contributed by atoms with Gasteiger partial charge in [0.2, 0.25) is 0 Å². The topological polar surface area (TPSA) is 21.3 Å². The van der Waals surface area contributed by atoms with Crippen molar-refractivity contribution in [1.29, 1.82) is 0 Å². The summed E-state index contributed by atoms with van der Waals surface area (Å²) in [6, 6.07) is 8.50. The van der Waals surface area contributed by atoms with E-state index in [2.05, 4.69) is 71.1 Å². The Kier molecular flexibility index (Phi) is 5.42. The van der Waals surface area contributed by atoms with Gasteiger partial charge < -0.3 is 10.1 Å². The molecule has 1 N–H and O–H groups in total. The molecule has 2 heteroatoms. The minimum absolute atomic E-state index is 0.151. The van der Waals surface area contributed by atoms with Crippen LogP contribution in [0.3, 0.4) is 0 Å². The van der Waals surface area contributed by atoms with Crippen molar-refractivity contribution in [3.05, 3.63) is 29.8 Å². The lowest BCUT2D eigenvalue weighted by molar-refractivity contribution is 0.291. The van der Waals surface area contributed by atoms with Gasteiger partial charge in [-0.1, -0.05) is 32.9 Å². The average molecular weight is 263 g/mol. The third-order valence-corrected chi connectivity index (χ3v) is 3.55. The van der Waals surface area contributed by atoms with Gasteiger partial charge in [-0.05, 0) is 50.3 Å². The summed E-state index contributed by atoms with van der Waals surface area (Å²) in [6.45, 7) is 14.8. The molecule has 0 unspecified atom stereocenters. The van der Waals surface area contributed by atoms with Gasteiger partial charge in [0.1, 0.15) is 12.4 Å². The average Bonchev–Trinajstić information content (AvgIpc) is 2.34.